The Kier molecular flexibility index (Phi) is 9.98. The SMILES string of the molecule is CC(C)(C)[Si](OCC1=C2B(O)O[C@H](c3cc(Br)ccc3O)C[C@H]2[C@H]2C(=O)N(c3cccc(B(O)O)c3)C(=O)[C@H]2C1)(c1ccccc1)c1ccccc1. The molecule has 0 spiro atoms. The summed E-state index contributed by atoms with van der Waals surface area (Å²) in [5.41, 5.74) is 2.10. The van der Waals surface area contributed by atoms with Crippen LogP contribution in [0.4, 0.5) is 5.69 Å². The maximum atomic E-state index is 14.4. The van der Waals surface area contributed by atoms with Gasteiger partial charge in [0.05, 0.1) is 30.2 Å². The molecule has 9 nitrogen and oxygen atoms in total. The van der Waals surface area contributed by atoms with Gasteiger partial charge in [0.15, 0.2) is 0 Å². The summed E-state index contributed by atoms with van der Waals surface area (Å²) in [5.74, 6) is -3.03. The average Bonchev–Trinajstić information content (AvgIpc) is 3.38. The Balaban J connectivity index is 1.33. The molecule has 2 saturated heterocycles. The highest BCUT2D eigenvalue weighted by Gasteiger charge is 2.59. The number of allylic oxidation sites excluding steroid dienone is 1. The molecule has 4 aromatic rings. The fraction of sp³-hybridized carbons (Fsp3) is 0.282. The minimum atomic E-state index is -3.04. The zero-order valence-electron chi connectivity index (χ0n) is 29.1. The first-order valence-corrected chi connectivity index (χ1v) is 20.1. The Morgan fingerprint density at radius 1 is 0.904 bits per heavy atom. The van der Waals surface area contributed by atoms with Crippen LogP contribution in [0.2, 0.25) is 5.04 Å². The van der Waals surface area contributed by atoms with Gasteiger partial charge in [-0.15, -0.1) is 0 Å². The molecule has 4 aromatic carbocycles. The highest BCUT2D eigenvalue weighted by Crippen LogP contribution is 2.53. The van der Waals surface area contributed by atoms with Crippen LogP contribution in [0.5, 0.6) is 5.75 Å². The number of benzene rings is 4. The van der Waals surface area contributed by atoms with E-state index in [0.717, 1.165) is 15.3 Å². The van der Waals surface area contributed by atoms with Crippen molar-refractivity contribution in [1.82, 2.24) is 0 Å². The van der Waals surface area contributed by atoms with Crippen molar-refractivity contribution in [3.63, 3.8) is 0 Å². The van der Waals surface area contributed by atoms with Gasteiger partial charge in [0, 0.05) is 10.0 Å². The molecular formula is C39H40B2BrNO8Si. The lowest BCUT2D eigenvalue weighted by Crippen LogP contribution is -2.66. The largest absolute Gasteiger partial charge is 0.508 e. The van der Waals surface area contributed by atoms with Crippen LogP contribution in [0.3, 0.4) is 0 Å². The van der Waals surface area contributed by atoms with Crippen LogP contribution in [0.25, 0.3) is 0 Å². The number of fused-ring (bicyclic) bond motifs is 3. The molecule has 0 aromatic heterocycles. The van der Waals surface area contributed by atoms with Crippen molar-refractivity contribution in [3.05, 3.63) is 124 Å². The number of anilines is 1. The van der Waals surface area contributed by atoms with Gasteiger partial charge in [-0.3, -0.25) is 14.5 Å². The van der Waals surface area contributed by atoms with Gasteiger partial charge in [-0.2, -0.15) is 0 Å². The van der Waals surface area contributed by atoms with Gasteiger partial charge in [0.1, 0.15) is 5.75 Å². The first kappa shape index (κ1) is 36.5. The van der Waals surface area contributed by atoms with Crippen molar-refractivity contribution < 1.29 is 38.8 Å². The number of aromatic hydroxyl groups is 1. The second-order valence-corrected chi connectivity index (χ2v) is 20.1. The second-order valence-electron chi connectivity index (χ2n) is 14.9. The topological polar surface area (TPSA) is 137 Å². The molecule has 1 aliphatic carbocycles. The molecule has 0 saturated carbocycles. The van der Waals surface area contributed by atoms with Crippen LogP contribution in [0.15, 0.2) is 119 Å². The minimum absolute atomic E-state index is 0.00902. The number of phenolic OH excluding ortho intramolecular Hbond substituents is 1. The van der Waals surface area contributed by atoms with Crippen LogP contribution in [0.1, 0.15) is 45.3 Å². The van der Waals surface area contributed by atoms with Crippen molar-refractivity contribution >= 4 is 71.8 Å². The molecule has 2 fully saturated rings. The molecular weight excluding hydrogens is 740 g/mol. The standard InChI is InChI=1S/C39H40B2BrNO8Si/c1-39(2,3)52(28-13-6-4-7-14-28,29-15-8-5-9-16-29)50-23-24-19-32-35(38(46)43(37(32)45)27-12-10-11-25(20-27)40(47)48)31-22-34(51-41(49)36(24)31)30-21-26(42)17-18-33(30)44/h4-18,20-21,31-32,34-35,44,47-49H,19,22-23H2,1-3H3/t31-,32-,34-,35+/m0/s1. The van der Waals surface area contributed by atoms with Gasteiger partial charge in [-0.25, -0.2) is 0 Å². The highest BCUT2D eigenvalue weighted by molar-refractivity contribution is 9.10. The maximum Gasteiger partial charge on any atom is 0.488 e. The number of carbonyl (C=O) groups excluding carboxylic acids is 2. The number of carbonyl (C=O) groups is 2. The molecule has 266 valence electrons. The normalized spacial score (nSPS) is 22.1. The van der Waals surface area contributed by atoms with Crippen molar-refractivity contribution in [2.24, 2.45) is 17.8 Å². The number of imide groups is 1. The summed E-state index contributed by atoms with van der Waals surface area (Å²) in [7, 11) is -6.25. The number of rotatable bonds is 8. The van der Waals surface area contributed by atoms with Crippen LogP contribution < -0.4 is 20.7 Å². The second kappa shape index (κ2) is 14.2. The van der Waals surface area contributed by atoms with Gasteiger partial charge < -0.3 is 29.3 Å². The van der Waals surface area contributed by atoms with Crippen molar-refractivity contribution in [2.45, 2.75) is 44.8 Å². The Morgan fingerprint density at radius 2 is 1.56 bits per heavy atom. The summed E-state index contributed by atoms with van der Waals surface area (Å²) in [6, 6.07) is 31.5. The Bertz CT molecular complexity index is 1990. The summed E-state index contributed by atoms with van der Waals surface area (Å²) in [6.07, 6.45) is -0.378. The fourth-order valence-corrected chi connectivity index (χ4v) is 13.5. The predicted octanol–water partition coefficient (Wildman–Crippen LogP) is 4.01. The Hall–Kier alpha value is -3.81. The number of phenols is 1. The van der Waals surface area contributed by atoms with Crippen molar-refractivity contribution in [2.75, 3.05) is 11.5 Å². The van der Waals surface area contributed by atoms with Crippen molar-refractivity contribution in [1.29, 1.82) is 0 Å². The zero-order chi connectivity index (χ0) is 36.9. The van der Waals surface area contributed by atoms with E-state index in [4.69, 9.17) is 9.08 Å². The number of hydrogen-bond donors (Lipinski definition) is 4. The lowest BCUT2D eigenvalue weighted by Gasteiger charge is -2.45. The molecule has 13 heteroatoms. The van der Waals surface area contributed by atoms with E-state index in [1.807, 2.05) is 36.4 Å². The maximum absolute atomic E-state index is 14.4. The minimum Gasteiger partial charge on any atom is -0.508 e. The molecule has 4 N–H and O–H groups in total. The van der Waals surface area contributed by atoms with E-state index in [-0.39, 0.29) is 41.4 Å². The molecule has 0 unspecified atom stereocenters. The third-order valence-electron chi connectivity index (χ3n) is 10.9. The number of hydrogen-bond acceptors (Lipinski definition) is 8. The van der Waals surface area contributed by atoms with Gasteiger partial charge in [0.2, 0.25) is 11.8 Å². The summed E-state index contributed by atoms with van der Waals surface area (Å²) < 4.78 is 14.3. The molecule has 2 amide bonds. The monoisotopic (exact) mass is 779 g/mol. The fourth-order valence-electron chi connectivity index (χ4n) is 8.56. The molecule has 0 bridgehead atoms. The molecule has 2 aliphatic heterocycles. The molecule has 0 radical (unpaired) electrons. The van der Waals surface area contributed by atoms with E-state index in [2.05, 4.69) is 61.0 Å². The number of halogens is 1. The average molecular weight is 780 g/mol. The van der Waals surface area contributed by atoms with Gasteiger partial charge in [-0.05, 0) is 81.0 Å². The Morgan fingerprint density at radius 3 is 2.17 bits per heavy atom. The highest BCUT2D eigenvalue weighted by atomic mass is 79.9. The van der Waals surface area contributed by atoms with Gasteiger partial charge >= 0.3 is 14.2 Å². The summed E-state index contributed by atoms with van der Waals surface area (Å²) in [6.45, 7) is 6.64. The number of nitrogens with zero attached hydrogens (tertiary/aromatic N) is 1. The van der Waals surface area contributed by atoms with E-state index in [1.54, 1.807) is 30.3 Å². The van der Waals surface area contributed by atoms with E-state index in [1.165, 1.54) is 12.1 Å². The van der Waals surface area contributed by atoms with Gasteiger partial charge in [0.25, 0.3) is 8.32 Å². The number of amides is 2. The summed E-state index contributed by atoms with van der Waals surface area (Å²) >= 11 is 3.47. The van der Waals surface area contributed by atoms with Crippen LogP contribution in [-0.4, -0.2) is 61.2 Å². The molecule has 4 atom stereocenters. The van der Waals surface area contributed by atoms with E-state index in [9.17, 15) is 29.8 Å². The zero-order valence-corrected chi connectivity index (χ0v) is 31.7. The van der Waals surface area contributed by atoms with Crippen LogP contribution >= 0.6 is 15.9 Å². The molecule has 52 heavy (non-hydrogen) atoms. The van der Waals surface area contributed by atoms with E-state index in [0.29, 0.717) is 21.1 Å². The molecule has 7 rings (SSSR count). The third kappa shape index (κ3) is 6.32. The molecule has 3 aliphatic rings. The smallest absolute Gasteiger partial charge is 0.488 e. The Labute approximate surface area is 313 Å². The predicted molar refractivity (Wildman–Crippen MR) is 207 cm³/mol. The summed E-state index contributed by atoms with van der Waals surface area (Å²) in [4.78, 5) is 29.9. The third-order valence-corrected chi connectivity index (χ3v) is 16.3. The van der Waals surface area contributed by atoms with Crippen LogP contribution in [0, 0.1) is 17.8 Å². The first-order chi connectivity index (χ1) is 24.8. The van der Waals surface area contributed by atoms with E-state index >= 15 is 0 Å². The summed E-state index contributed by atoms with van der Waals surface area (Å²) in [5, 5.41) is 44.3. The van der Waals surface area contributed by atoms with E-state index < -0.39 is 58.2 Å². The molecule has 2 heterocycles. The first-order valence-electron chi connectivity index (χ1n) is 17.4. The van der Waals surface area contributed by atoms with Crippen molar-refractivity contribution in [3.8, 4) is 5.75 Å². The quantitative estimate of drug-likeness (QED) is 0.156. The van der Waals surface area contributed by atoms with Crippen LogP contribution in [-0.2, 0) is 18.7 Å². The lowest BCUT2D eigenvalue weighted by molar-refractivity contribution is -0.123. The van der Waals surface area contributed by atoms with Gasteiger partial charge in [-0.1, -0.05) is 109 Å². The lowest BCUT2D eigenvalue weighted by atomic mass is 9.55.